The third-order valence-electron chi connectivity index (χ3n) is 3.85. The van der Waals surface area contributed by atoms with Crippen LogP contribution in [0.4, 0.5) is 0 Å². The lowest BCUT2D eigenvalue weighted by atomic mass is 10.0. The number of nitrogens with zero attached hydrogens (tertiary/aromatic N) is 1. The molecule has 0 unspecified atom stereocenters. The van der Waals surface area contributed by atoms with Crippen LogP contribution >= 0.6 is 0 Å². The van der Waals surface area contributed by atoms with Gasteiger partial charge in [-0.3, -0.25) is 19.4 Å². The van der Waals surface area contributed by atoms with E-state index in [1.807, 2.05) is 0 Å². The average molecular weight is 401 g/mol. The molecule has 0 fully saturated rings. The minimum absolute atomic E-state index is 0.0211. The van der Waals surface area contributed by atoms with Crippen molar-refractivity contribution in [2.75, 3.05) is 6.54 Å². The van der Waals surface area contributed by atoms with Gasteiger partial charge in [-0.2, -0.15) is 0 Å². The van der Waals surface area contributed by atoms with Crippen molar-refractivity contribution in [3.8, 4) is 0 Å². The summed E-state index contributed by atoms with van der Waals surface area (Å²) in [6.07, 6.45) is 0.450. The maximum Gasteiger partial charge on any atom is 0.326 e. The molecule has 12 nitrogen and oxygen atoms in total. The highest BCUT2D eigenvalue weighted by Gasteiger charge is 2.29. The highest BCUT2D eigenvalue weighted by atomic mass is 16.4. The Bertz CT molecular complexity index is 590. The van der Waals surface area contributed by atoms with E-state index in [0.717, 1.165) is 0 Å². The molecule has 28 heavy (non-hydrogen) atoms. The van der Waals surface area contributed by atoms with Gasteiger partial charge in [-0.05, 0) is 25.2 Å². The third-order valence-corrected chi connectivity index (χ3v) is 3.85. The van der Waals surface area contributed by atoms with Crippen LogP contribution in [0.2, 0.25) is 0 Å². The first kappa shape index (κ1) is 25.1. The number of primary amides is 1. The van der Waals surface area contributed by atoms with Gasteiger partial charge in [0.2, 0.25) is 17.7 Å². The summed E-state index contributed by atoms with van der Waals surface area (Å²) in [5.74, 6) is -3.58. The highest BCUT2D eigenvalue weighted by molar-refractivity contribution is 5.92. The number of hydrogen-bond acceptors (Lipinski definition) is 6. The summed E-state index contributed by atoms with van der Waals surface area (Å²) >= 11 is 0. The Labute approximate surface area is 163 Å². The van der Waals surface area contributed by atoms with Gasteiger partial charge in [0.15, 0.2) is 5.96 Å². The number of hydrogen-bond donors (Lipinski definition) is 7. The monoisotopic (exact) mass is 401 g/mol. The number of carboxylic acids is 1. The second-order valence-electron chi connectivity index (χ2n) is 6.69. The summed E-state index contributed by atoms with van der Waals surface area (Å²) in [5.41, 5.74) is 21.2. The number of nitrogens with two attached hydrogens (primary N) is 4. The first-order valence-electron chi connectivity index (χ1n) is 8.88. The van der Waals surface area contributed by atoms with Crippen LogP contribution in [0.15, 0.2) is 4.99 Å². The van der Waals surface area contributed by atoms with Gasteiger partial charge in [-0.1, -0.05) is 13.8 Å². The van der Waals surface area contributed by atoms with Gasteiger partial charge in [0, 0.05) is 13.0 Å². The van der Waals surface area contributed by atoms with Crippen LogP contribution < -0.4 is 33.6 Å². The quantitative estimate of drug-likeness (QED) is 0.0975. The van der Waals surface area contributed by atoms with Gasteiger partial charge in [0.05, 0.1) is 6.04 Å². The molecule has 0 saturated heterocycles. The number of carbonyl (C=O) groups excluding carboxylic acids is 3. The van der Waals surface area contributed by atoms with Gasteiger partial charge in [-0.25, -0.2) is 4.79 Å². The Balaban J connectivity index is 5.09. The van der Waals surface area contributed by atoms with E-state index in [2.05, 4.69) is 15.6 Å². The van der Waals surface area contributed by atoms with E-state index >= 15 is 0 Å². The summed E-state index contributed by atoms with van der Waals surface area (Å²) in [6, 6.07) is -3.20. The van der Waals surface area contributed by atoms with Crippen molar-refractivity contribution in [1.29, 1.82) is 0 Å². The SMILES string of the molecule is CC(C)[C@H](NC(=O)[C@H](CCCN=C(N)N)NC(=O)[C@@H](N)CCC(N)=O)C(=O)O. The molecule has 11 N–H and O–H groups in total. The molecule has 0 heterocycles. The standard InChI is InChI=1S/C16H31N7O5/c1-8(2)12(15(27)28)23-14(26)10(4-3-7-21-16(19)20)22-13(25)9(17)5-6-11(18)24/h8-10,12H,3-7,17H2,1-2H3,(H2,18,24)(H,22,25)(H,23,26)(H,27,28)(H4,19,20,21)/t9-,10-,12-/m0/s1. The predicted octanol–water partition coefficient (Wildman–Crippen LogP) is -2.66. The first-order chi connectivity index (χ1) is 13.0. The molecular weight excluding hydrogens is 370 g/mol. The minimum atomic E-state index is -1.19. The molecule has 0 radical (unpaired) electrons. The van der Waals surface area contributed by atoms with E-state index in [0.29, 0.717) is 6.42 Å². The normalized spacial score (nSPS) is 13.9. The van der Waals surface area contributed by atoms with Gasteiger partial charge in [-0.15, -0.1) is 0 Å². The zero-order chi connectivity index (χ0) is 21.9. The zero-order valence-corrected chi connectivity index (χ0v) is 16.2. The van der Waals surface area contributed by atoms with E-state index in [-0.39, 0.29) is 37.7 Å². The molecule has 12 heteroatoms. The fourth-order valence-electron chi connectivity index (χ4n) is 2.25. The lowest BCUT2D eigenvalue weighted by Crippen LogP contribution is -2.55. The molecule has 0 bridgehead atoms. The van der Waals surface area contributed by atoms with Crippen LogP contribution in [0.5, 0.6) is 0 Å². The number of rotatable bonds is 13. The molecule has 0 spiro atoms. The number of carboxylic acid groups (broad SMARTS) is 1. The van der Waals surface area contributed by atoms with Crippen molar-refractivity contribution >= 4 is 29.7 Å². The van der Waals surface area contributed by atoms with Crippen molar-refractivity contribution in [2.45, 2.75) is 57.7 Å². The number of amides is 3. The van der Waals surface area contributed by atoms with Crippen molar-refractivity contribution in [2.24, 2.45) is 33.8 Å². The largest absolute Gasteiger partial charge is 0.480 e. The molecule has 160 valence electrons. The molecule has 3 atom stereocenters. The Hall–Kier alpha value is -2.89. The fraction of sp³-hybridized carbons (Fsp3) is 0.688. The highest BCUT2D eigenvalue weighted by Crippen LogP contribution is 2.06. The Kier molecular flexibility index (Phi) is 11.2. The number of guanidine groups is 1. The number of nitrogens with one attached hydrogen (secondary N) is 2. The van der Waals surface area contributed by atoms with Crippen molar-refractivity contribution in [1.82, 2.24) is 10.6 Å². The zero-order valence-electron chi connectivity index (χ0n) is 16.2. The summed E-state index contributed by atoms with van der Waals surface area (Å²) in [7, 11) is 0. The molecule has 0 aliphatic heterocycles. The molecule has 3 amide bonds. The summed E-state index contributed by atoms with van der Waals surface area (Å²) in [4.78, 5) is 50.7. The van der Waals surface area contributed by atoms with Crippen LogP contribution in [0.1, 0.15) is 39.5 Å². The van der Waals surface area contributed by atoms with Crippen LogP contribution in [0.3, 0.4) is 0 Å². The number of aliphatic carboxylic acids is 1. The Morgan fingerprint density at radius 3 is 2.07 bits per heavy atom. The summed E-state index contributed by atoms with van der Waals surface area (Å²) in [5, 5.41) is 14.1. The van der Waals surface area contributed by atoms with Crippen LogP contribution in [0.25, 0.3) is 0 Å². The molecule has 0 rings (SSSR count). The predicted molar refractivity (Wildman–Crippen MR) is 103 cm³/mol. The first-order valence-corrected chi connectivity index (χ1v) is 8.88. The maximum atomic E-state index is 12.5. The topological polar surface area (TPSA) is 229 Å². The third kappa shape index (κ3) is 10.3. The van der Waals surface area contributed by atoms with Crippen LogP contribution in [-0.4, -0.2) is 59.4 Å². The second kappa shape index (κ2) is 12.5. The van der Waals surface area contributed by atoms with Crippen LogP contribution in [-0.2, 0) is 19.2 Å². The van der Waals surface area contributed by atoms with Gasteiger partial charge >= 0.3 is 5.97 Å². The smallest absolute Gasteiger partial charge is 0.326 e. The number of carbonyl (C=O) groups is 4. The van der Waals surface area contributed by atoms with E-state index in [9.17, 15) is 24.3 Å². The lowest BCUT2D eigenvalue weighted by molar-refractivity contribution is -0.143. The summed E-state index contributed by atoms with van der Waals surface area (Å²) < 4.78 is 0. The van der Waals surface area contributed by atoms with Crippen molar-refractivity contribution in [3.05, 3.63) is 0 Å². The lowest BCUT2D eigenvalue weighted by Gasteiger charge is -2.24. The van der Waals surface area contributed by atoms with E-state index in [1.165, 1.54) is 0 Å². The Morgan fingerprint density at radius 1 is 1.00 bits per heavy atom. The molecule has 0 aromatic rings. The van der Waals surface area contributed by atoms with Gasteiger partial charge in [0.25, 0.3) is 0 Å². The summed E-state index contributed by atoms with van der Waals surface area (Å²) in [6.45, 7) is 3.51. The average Bonchev–Trinajstić information content (AvgIpc) is 2.58. The minimum Gasteiger partial charge on any atom is -0.480 e. The van der Waals surface area contributed by atoms with Crippen LogP contribution in [0, 0.1) is 5.92 Å². The molecular formula is C16H31N7O5. The molecule has 0 aliphatic rings. The fourth-order valence-corrected chi connectivity index (χ4v) is 2.25. The van der Waals surface area contributed by atoms with Gasteiger partial charge < -0.3 is 38.7 Å². The van der Waals surface area contributed by atoms with E-state index < -0.39 is 41.8 Å². The molecule has 0 aromatic carbocycles. The maximum absolute atomic E-state index is 12.5. The van der Waals surface area contributed by atoms with Crippen molar-refractivity contribution in [3.63, 3.8) is 0 Å². The number of aliphatic imine (C=N–C) groups is 1. The second-order valence-corrected chi connectivity index (χ2v) is 6.69. The molecule has 0 saturated carbocycles. The van der Waals surface area contributed by atoms with Gasteiger partial charge in [0.1, 0.15) is 12.1 Å². The van der Waals surface area contributed by atoms with E-state index in [4.69, 9.17) is 22.9 Å². The van der Waals surface area contributed by atoms with E-state index in [1.54, 1.807) is 13.8 Å². The Morgan fingerprint density at radius 2 is 1.61 bits per heavy atom. The van der Waals surface area contributed by atoms with Crippen molar-refractivity contribution < 1.29 is 24.3 Å². The molecule has 0 aliphatic carbocycles. The molecule has 0 aromatic heterocycles.